The van der Waals surface area contributed by atoms with Crippen LogP contribution >= 0.6 is 0 Å². The number of amides is 2. The number of alkyl halides is 3. The van der Waals surface area contributed by atoms with Crippen molar-refractivity contribution in [3.63, 3.8) is 0 Å². The molecular formula is C21H14F3N3O2. The fourth-order valence-electron chi connectivity index (χ4n) is 3.05. The molecule has 5 nitrogen and oxygen atoms in total. The first-order chi connectivity index (χ1) is 13.8. The molecule has 3 N–H and O–H groups in total. The molecule has 8 heteroatoms. The first-order valence-electron chi connectivity index (χ1n) is 8.61. The van der Waals surface area contributed by atoms with E-state index in [-0.39, 0.29) is 11.5 Å². The number of rotatable bonds is 3. The maximum atomic E-state index is 12.8. The zero-order chi connectivity index (χ0) is 20.6. The molecule has 0 bridgehead atoms. The van der Waals surface area contributed by atoms with Crippen molar-refractivity contribution in [1.29, 1.82) is 0 Å². The van der Waals surface area contributed by atoms with Gasteiger partial charge in [-0.05, 0) is 48.5 Å². The number of hydrogen-bond donors (Lipinski definition) is 3. The summed E-state index contributed by atoms with van der Waals surface area (Å²) in [6.07, 6.45) is -1.08. The minimum atomic E-state index is -4.53. The van der Waals surface area contributed by atoms with Crippen LogP contribution in [0.25, 0.3) is 11.6 Å². The number of benzene rings is 2. The highest BCUT2D eigenvalue weighted by molar-refractivity contribution is 6.35. The van der Waals surface area contributed by atoms with Gasteiger partial charge in [-0.2, -0.15) is 13.2 Å². The van der Waals surface area contributed by atoms with Gasteiger partial charge in [0.05, 0.1) is 16.8 Å². The molecule has 3 aromatic rings. The van der Waals surface area contributed by atoms with Crippen molar-refractivity contribution in [3.8, 4) is 0 Å². The second-order valence-corrected chi connectivity index (χ2v) is 6.43. The summed E-state index contributed by atoms with van der Waals surface area (Å²) in [7, 11) is 0. The van der Waals surface area contributed by atoms with E-state index in [1.54, 1.807) is 30.5 Å². The van der Waals surface area contributed by atoms with E-state index in [1.807, 2.05) is 12.1 Å². The number of fused-ring (bicyclic) bond motifs is 1. The Labute approximate surface area is 163 Å². The lowest BCUT2D eigenvalue weighted by Gasteiger charge is -2.10. The average molecular weight is 397 g/mol. The van der Waals surface area contributed by atoms with Gasteiger partial charge in [-0.15, -0.1) is 0 Å². The second kappa shape index (κ2) is 6.97. The largest absolute Gasteiger partial charge is 0.416 e. The summed E-state index contributed by atoms with van der Waals surface area (Å²) in [5.74, 6) is -0.960. The third-order valence-electron chi connectivity index (χ3n) is 4.43. The van der Waals surface area contributed by atoms with E-state index in [1.165, 1.54) is 12.1 Å². The van der Waals surface area contributed by atoms with Gasteiger partial charge in [-0.1, -0.05) is 12.1 Å². The summed E-state index contributed by atoms with van der Waals surface area (Å²) in [4.78, 5) is 27.6. The van der Waals surface area contributed by atoms with Gasteiger partial charge in [0.2, 0.25) is 0 Å². The van der Waals surface area contributed by atoms with Crippen LogP contribution in [0.5, 0.6) is 0 Å². The van der Waals surface area contributed by atoms with Crippen LogP contribution in [0.3, 0.4) is 0 Å². The van der Waals surface area contributed by atoms with E-state index in [4.69, 9.17) is 0 Å². The third-order valence-corrected chi connectivity index (χ3v) is 4.43. The van der Waals surface area contributed by atoms with E-state index >= 15 is 0 Å². The summed E-state index contributed by atoms with van der Waals surface area (Å²) in [6, 6.07) is 12.6. The van der Waals surface area contributed by atoms with Gasteiger partial charge in [-0.3, -0.25) is 9.59 Å². The van der Waals surface area contributed by atoms with Gasteiger partial charge < -0.3 is 15.6 Å². The normalized spacial score (nSPS) is 14.6. The maximum absolute atomic E-state index is 12.8. The van der Waals surface area contributed by atoms with Gasteiger partial charge in [-0.25, -0.2) is 0 Å². The summed E-state index contributed by atoms with van der Waals surface area (Å²) in [5.41, 5.74) is 1.76. The van der Waals surface area contributed by atoms with Crippen LogP contribution in [0, 0.1) is 0 Å². The molecule has 2 aromatic carbocycles. The summed E-state index contributed by atoms with van der Waals surface area (Å²) in [6.45, 7) is 0. The molecule has 2 amide bonds. The molecule has 0 aliphatic carbocycles. The monoisotopic (exact) mass is 397 g/mol. The summed E-state index contributed by atoms with van der Waals surface area (Å²) in [5, 5.41) is 5.28. The molecule has 4 rings (SSSR count). The lowest BCUT2D eigenvalue weighted by Crippen LogP contribution is -2.14. The number of H-pyrrole nitrogens is 1. The maximum Gasteiger partial charge on any atom is 0.416 e. The van der Waals surface area contributed by atoms with E-state index < -0.39 is 17.6 Å². The van der Waals surface area contributed by atoms with Crippen LogP contribution in [-0.4, -0.2) is 16.8 Å². The van der Waals surface area contributed by atoms with Crippen molar-refractivity contribution < 1.29 is 22.8 Å². The number of aromatic amines is 1. The van der Waals surface area contributed by atoms with Crippen LogP contribution in [0.2, 0.25) is 0 Å². The van der Waals surface area contributed by atoms with Crippen molar-refractivity contribution in [2.24, 2.45) is 0 Å². The number of nitrogens with one attached hydrogen (secondary N) is 3. The number of hydrogen-bond acceptors (Lipinski definition) is 2. The van der Waals surface area contributed by atoms with Gasteiger partial charge in [0, 0.05) is 28.7 Å². The van der Waals surface area contributed by atoms with Crippen molar-refractivity contribution in [2.75, 3.05) is 10.6 Å². The lowest BCUT2D eigenvalue weighted by atomic mass is 10.1. The predicted molar refractivity (Wildman–Crippen MR) is 103 cm³/mol. The van der Waals surface area contributed by atoms with Gasteiger partial charge in [0.15, 0.2) is 0 Å². The molecular weight excluding hydrogens is 383 g/mol. The predicted octanol–water partition coefficient (Wildman–Crippen LogP) is 4.78. The first-order valence-corrected chi connectivity index (χ1v) is 8.61. The topological polar surface area (TPSA) is 74.0 Å². The number of carbonyl (C=O) groups is 2. The molecule has 0 saturated heterocycles. The minimum absolute atomic E-state index is 0.114. The van der Waals surface area contributed by atoms with Gasteiger partial charge >= 0.3 is 6.18 Å². The molecule has 146 valence electrons. The SMILES string of the molecule is O=C1Nc2cc(NC(=O)c3cccc(C(F)(F)F)c3)ccc2/C1=C/c1ccc[nH]1. The molecule has 0 saturated carbocycles. The van der Waals surface area contributed by atoms with Gasteiger partial charge in [0.1, 0.15) is 0 Å². The third kappa shape index (κ3) is 3.77. The minimum Gasteiger partial charge on any atom is -0.362 e. The van der Waals surface area contributed by atoms with Crippen LogP contribution < -0.4 is 10.6 Å². The van der Waals surface area contributed by atoms with Gasteiger partial charge in [0.25, 0.3) is 11.8 Å². The Morgan fingerprint density at radius 1 is 1.03 bits per heavy atom. The van der Waals surface area contributed by atoms with E-state index in [0.29, 0.717) is 22.5 Å². The first kappa shape index (κ1) is 18.5. The number of carbonyl (C=O) groups excluding carboxylic acids is 2. The molecule has 1 aromatic heterocycles. The molecule has 29 heavy (non-hydrogen) atoms. The smallest absolute Gasteiger partial charge is 0.362 e. The van der Waals surface area contributed by atoms with Crippen molar-refractivity contribution in [1.82, 2.24) is 4.98 Å². The van der Waals surface area contributed by atoms with E-state index in [0.717, 1.165) is 17.8 Å². The Morgan fingerprint density at radius 3 is 2.59 bits per heavy atom. The Morgan fingerprint density at radius 2 is 1.86 bits per heavy atom. The van der Waals surface area contributed by atoms with Crippen LogP contribution in [0.4, 0.5) is 24.5 Å². The highest BCUT2D eigenvalue weighted by Gasteiger charge is 2.31. The van der Waals surface area contributed by atoms with Crippen LogP contribution in [0.15, 0.2) is 60.8 Å². The fourth-order valence-corrected chi connectivity index (χ4v) is 3.05. The number of anilines is 2. The molecule has 1 aliphatic heterocycles. The Kier molecular flexibility index (Phi) is 4.46. The molecule has 0 fully saturated rings. The number of halogens is 3. The molecule has 0 radical (unpaired) electrons. The standard InChI is InChI=1S/C21H14F3N3O2/c22-21(23,24)13-4-1-3-12(9-13)19(28)26-15-6-7-16-17(10-14-5-2-8-25-14)20(29)27-18(16)11-15/h1-11,25H,(H,26,28)(H,27,29)/b17-10-. The molecule has 0 spiro atoms. The summed E-state index contributed by atoms with van der Waals surface area (Å²) < 4.78 is 38.5. The molecule has 1 aliphatic rings. The molecule has 2 heterocycles. The zero-order valence-electron chi connectivity index (χ0n) is 14.8. The highest BCUT2D eigenvalue weighted by atomic mass is 19.4. The Hall–Kier alpha value is -3.81. The Balaban J connectivity index is 1.57. The summed E-state index contributed by atoms with van der Waals surface area (Å²) >= 11 is 0. The van der Waals surface area contributed by atoms with E-state index in [2.05, 4.69) is 15.6 Å². The fraction of sp³-hybridized carbons (Fsp3) is 0.0476. The van der Waals surface area contributed by atoms with Crippen molar-refractivity contribution in [3.05, 3.63) is 83.2 Å². The lowest BCUT2D eigenvalue weighted by molar-refractivity contribution is -0.137. The van der Waals surface area contributed by atoms with Crippen molar-refractivity contribution >= 4 is 34.8 Å². The molecule has 0 atom stereocenters. The quantitative estimate of drug-likeness (QED) is 0.557. The Bertz CT molecular complexity index is 1130. The van der Waals surface area contributed by atoms with E-state index in [9.17, 15) is 22.8 Å². The molecule has 0 unspecified atom stereocenters. The van der Waals surface area contributed by atoms with Crippen molar-refractivity contribution in [2.45, 2.75) is 6.18 Å². The van der Waals surface area contributed by atoms with Crippen LogP contribution in [-0.2, 0) is 11.0 Å². The van der Waals surface area contributed by atoms with Crippen LogP contribution in [0.1, 0.15) is 27.2 Å². The second-order valence-electron chi connectivity index (χ2n) is 6.43. The zero-order valence-corrected chi connectivity index (χ0v) is 14.8. The number of aromatic nitrogens is 1. The highest BCUT2D eigenvalue weighted by Crippen LogP contribution is 2.35. The average Bonchev–Trinajstić information content (AvgIpc) is 3.29.